The predicted octanol–water partition coefficient (Wildman–Crippen LogP) is 1.98. The topological polar surface area (TPSA) is 72.7 Å². The minimum Gasteiger partial charge on any atom is -0.469 e. The summed E-state index contributed by atoms with van der Waals surface area (Å²) in [7, 11) is 1.38. The van der Waals surface area contributed by atoms with Gasteiger partial charge in [0.25, 0.3) is 5.69 Å². The lowest BCUT2D eigenvalue weighted by atomic mass is 9.97. The van der Waals surface area contributed by atoms with E-state index in [9.17, 15) is 14.9 Å². The van der Waals surface area contributed by atoms with Gasteiger partial charge in [0.05, 0.1) is 18.0 Å². The Morgan fingerprint density at radius 1 is 1.53 bits per heavy atom. The number of nitrogens with zero attached hydrogens (tertiary/aromatic N) is 2. The number of rotatable bonds is 3. The van der Waals surface area contributed by atoms with E-state index < -0.39 is 4.92 Å². The lowest BCUT2D eigenvalue weighted by Crippen LogP contribution is -2.39. The van der Waals surface area contributed by atoms with E-state index in [0.29, 0.717) is 6.54 Å². The summed E-state index contributed by atoms with van der Waals surface area (Å²) in [6.07, 6.45) is 1.68. The van der Waals surface area contributed by atoms with Gasteiger partial charge in [-0.3, -0.25) is 14.9 Å². The van der Waals surface area contributed by atoms with E-state index in [1.54, 1.807) is 12.1 Å². The number of piperidine rings is 1. The smallest absolute Gasteiger partial charge is 0.310 e. The summed E-state index contributed by atoms with van der Waals surface area (Å²) in [4.78, 5) is 23.9. The molecule has 0 N–H and O–H groups in total. The van der Waals surface area contributed by atoms with Crippen molar-refractivity contribution in [3.8, 4) is 0 Å². The van der Waals surface area contributed by atoms with Crippen LogP contribution < -0.4 is 4.90 Å². The Hall–Kier alpha value is -2.11. The van der Waals surface area contributed by atoms with Gasteiger partial charge < -0.3 is 9.64 Å². The van der Waals surface area contributed by atoms with E-state index >= 15 is 0 Å². The van der Waals surface area contributed by atoms with Gasteiger partial charge in [-0.2, -0.15) is 0 Å². The van der Waals surface area contributed by atoms with Crippen molar-refractivity contribution in [2.24, 2.45) is 5.92 Å². The molecule has 1 unspecified atom stereocenters. The minimum absolute atomic E-state index is 0.0673. The van der Waals surface area contributed by atoms with Crippen molar-refractivity contribution in [3.63, 3.8) is 0 Å². The second-order valence-corrected chi connectivity index (χ2v) is 4.59. The first-order valence-corrected chi connectivity index (χ1v) is 6.19. The predicted molar refractivity (Wildman–Crippen MR) is 70.0 cm³/mol. The van der Waals surface area contributed by atoms with Crippen molar-refractivity contribution in [3.05, 3.63) is 34.4 Å². The number of nitro benzene ring substituents is 1. The summed E-state index contributed by atoms with van der Waals surface area (Å²) in [6.45, 7) is 1.35. The highest BCUT2D eigenvalue weighted by molar-refractivity contribution is 5.73. The van der Waals surface area contributed by atoms with Gasteiger partial charge in [0.2, 0.25) is 0 Å². The van der Waals surface area contributed by atoms with Crippen LogP contribution >= 0.6 is 0 Å². The first kappa shape index (κ1) is 13.3. The van der Waals surface area contributed by atoms with Crippen LogP contribution in [-0.4, -0.2) is 31.1 Å². The number of benzene rings is 1. The van der Waals surface area contributed by atoms with Crippen molar-refractivity contribution < 1.29 is 14.5 Å². The molecule has 0 spiro atoms. The number of nitro groups is 1. The van der Waals surface area contributed by atoms with Gasteiger partial charge in [-0.25, -0.2) is 0 Å². The van der Waals surface area contributed by atoms with E-state index in [2.05, 4.69) is 0 Å². The maximum atomic E-state index is 11.6. The van der Waals surface area contributed by atoms with E-state index in [1.165, 1.54) is 13.2 Å². The SMILES string of the molecule is COC(=O)C1CCCN(c2cccc([N+](=O)[O-])c2)C1. The Bertz CT molecular complexity index is 489. The van der Waals surface area contributed by atoms with Crippen LogP contribution in [0.3, 0.4) is 0 Å². The Morgan fingerprint density at radius 2 is 2.32 bits per heavy atom. The number of carbonyl (C=O) groups excluding carboxylic acids is 1. The number of hydrogen-bond donors (Lipinski definition) is 0. The molecule has 1 aliphatic rings. The molecule has 1 aromatic carbocycles. The molecule has 0 radical (unpaired) electrons. The number of carbonyl (C=O) groups is 1. The van der Waals surface area contributed by atoms with E-state index in [0.717, 1.165) is 25.1 Å². The number of methoxy groups -OCH3 is 1. The molecular formula is C13H16N2O4. The molecule has 6 nitrogen and oxygen atoms in total. The van der Waals surface area contributed by atoms with E-state index in [1.807, 2.05) is 11.0 Å². The highest BCUT2D eigenvalue weighted by atomic mass is 16.6. The van der Waals surface area contributed by atoms with Gasteiger partial charge in [0.15, 0.2) is 0 Å². The third-order valence-corrected chi connectivity index (χ3v) is 3.36. The normalized spacial score (nSPS) is 19.0. The highest BCUT2D eigenvalue weighted by Gasteiger charge is 2.27. The molecule has 1 aromatic rings. The number of hydrogen-bond acceptors (Lipinski definition) is 5. The molecule has 0 amide bonds. The van der Waals surface area contributed by atoms with Crippen LogP contribution in [0.25, 0.3) is 0 Å². The summed E-state index contributed by atoms with van der Waals surface area (Å²) < 4.78 is 4.76. The summed E-state index contributed by atoms with van der Waals surface area (Å²) in [5.41, 5.74) is 0.848. The van der Waals surface area contributed by atoms with Crippen molar-refractivity contribution in [2.75, 3.05) is 25.1 Å². The second kappa shape index (κ2) is 5.69. The highest BCUT2D eigenvalue weighted by Crippen LogP contribution is 2.26. The molecule has 1 fully saturated rings. The van der Waals surface area contributed by atoms with Gasteiger partial charge in [-0.15, -0.1) is 0 Å². The molecule has 0 aromatic heterocycles. The average Bonchev–Trinajstić information content (AvgIpc) is 2.46. The van der Waals surface area contributed by atoms with Crippen LogP contribution in [-0.2, 0) is 9.53 Å². The summed E-state index contributed by atoms with van der Waals surface area (Å²) in [5, 5.41) is 10.8. The Labute approximate surface area is 111 Å². The molecule has 0 bridgehead atoms. The molecule has 19 heavy (non-hydrogen) atoms. The van der Waals surface area contributed by atoms with Gasteiger partial charge in [0, 0.05) is 30.9 Å². The fourth-order valence-corrected chi connectivity index (χ4v) is 2.37. The first-order valence-electron chi connectivity index (χ1n) is 6.19. The fourth-order valence-electron chi connectivity index (χ4n) is 2.37. The maximum absolute atomic E-state index is 11.6. The second-order valence-electron chi connectivity index (χ2n) is 4.59. The zero-order valence-corrected chi connectivity index (χ0v) is 10.7. The zero-order chi connectivity index (χ0) is 13.8. The van der Waals surface area contributed by atoms with Crippen LogP contribution in [0.15, 0.2) is 24.3 Å². The Kier molecular flexibility index (Phi) is 3.99. The fraction of sp³-hybridized carbons (Fsp3) is 0.462. The van der Waals surface area contributed by atoms with Crippen molar-refractivity contribution >= 4 is 17.3 Å². The number of anilines is 1. The third-order valence-electron chi connectivity index (χ3n) is 3.36. The molecule has 1 saturated heterocycles. The minimum atomic E-state index is -0.411. The molecule has 1 heterocycles. The molecular weight excluding hydrogens is 248 g/mol. The molecule has 0 saturated carbocycles. The van der Waals surface area contributed by atoms with Crippen LogP contribution in [0.1, 0.15) is 12.8 Å². The molecule has 2 rings (SSSR count). The van der Waals surface area contributed by atoms with Gasteiger partial charge in [-0.05, 0) is 18.9 Å². The quantitative estimate of drug-likeness (QED) is 0.474. The number of ether oxygens (including phenoxy) is 1. The summed E-state index contributed by atoms with van der Waals surface area (Å²) in [5.74, 6) is -0.367. The lowest BCUT2D eigenvalue weighted by Gasteiger charge is -2.32. The third kappa shape index (κ3) is 3.01. The zero-order valence-electron chi connectivity index (χ0n) is 10.7. The Morgan fingerprint density at radius 3 is 3.00 bits per heavy atom. The van der Waals surface area contributed by atoms with Crippen LogP contribution in [0.5, 0.6) is 0 Å². The van der Waals surface area contributed by atoms with Gasteiger partial charge in [0.1, 0.15) is 0 Å². The monoisotopic (exact) mass is 264 g/mol. The number of non-ortho nitro benzene ring substituents is 1. The van der Waals surface area contributed by atoms with Crippen molar-refractivity contribution in [2.45, 2.75) is 12.8 Å². The van der Waals surface area contributed by atoms with Crippen LogP contribution in [0, 0.1) is 16.0 Å². The van der Waals surface area contributed by atoms with E-state index in [-0.39, 0.29) is 17.6 Å². The lowest BCUT2D eigenvalue weighted by molar-refractivity contribution is -0.384. The average molecular weight is 264 g/mol. The first-order chi connectivity index (χ1) is 9.11. The summed E-state index contributed by atoms with van der Waals surface area (Å²) >= 11 is 0. The van der Waals surface area contributed by atoms with Crippen molar-refractivity contribution in [1.29, 1.82) is 0 Å². The largest absolute Gasteiger partial charge is 0.469 e. The summed E-state index contributed by atoms with van der Waals surface area (Å²) in [6, 6.07) is 6.49. The van der Waals surface area contributed by atoms with Crippen LogP contribution in [0.2, 0.25) is 0 Å². The van der Waals surface area contributed by atoms with Gasteiger partial charge >= 0.3 is 5.97 Å². The standard InChI is InChI=1S/C13H16N2O4/c1-19-13(16)10-4-3-7-14(9-10)11-5-2-6-12(8-11)15(17)18/h2,5-6,8,10H,3-4,7,9H2,1H3. The molecule has 1 aliphatic heterocycles. The molecule has 1 atom stereocenters. The van der Waals surface area contributed by atoms with Crippen LogP contribution in [0.4, 0.5) is 11.4 Å². The molecule has 102 valence electrons. The number of esters is 1. The molecule has 6 heteroatoms. The molecule has 0 aliphatic carbocycles. The van der Waals surface area contributed by atoms with Crippen molar-refractivity contribution in [1.82, 2.24) is 0 Å². The van der Waals surface area contributed by atoms with Gasteiger partial charge in [-0.1, -0.05) is 6.07 Å². The maximum Gasteiger partial charge on any atom is 0.310 e. The van der Waals surface area contributed by atoms with E-state index in [4.69, 9.17) is 4.74 Å². The Balaban J connectivity index is 2.15.